The van der Waals surface area contributed by atoms with E-state index < -0.39 is 28.9 Å². The van der Waals surface area contributed by atoms with Crippen molar-refractivity contribution in [3.8, 4) is 18.1 Å². The molecule has 0 saturated heterocycles. The Hall–Kier alpha value is -3.20. The lowest BCUT2D eigenvalue weighted by atomic mass is 9.72. The molecule has 0 aliphatic carbocycles. The molecule has 0 unspecified atom stereocenters. The first-order valence-electron chi connectivity index (χ1n) is 6.88. The molecule has 2 aromatic rings. The fourth-order valence-corrected chi connectivity index (χ4v) is 2.60. The summed E-state index contributed by atoms with van der Waals surface area (Å²) in [5, 5.41) is 17.1. The Morgan fingerprint density at radius 1 is 0.692 bits per heavy atom. The summed E-state index contributed by atoms with van der Waals surface area (Å²) in [5.74, 6) is -0.200. The summed E-state index contributed by atoms with van der Waals surface area (Å²) in [5.41, 5.74) is -6.55. The van der Waals surface area contributed by atoms with Gasteiger partial charge >= 0.3 is 12.4 Å². The molecule has 2 rings (SSSR count). The molecular formula is C17H8F6N2O. The Balaban J connectivity index is 2.80. The highest BCUT2D eigenvalue weighted by Crippen LogP contribution is 2.56. The highest BCUT2D eigenvalue weighted by molar-refractivity contribution is 5.47. The van der Waals surface area contributed by atoms with Crippen molar-refractivity contribution in [3.63, 3.8) is 0 Å². The molecule has 0 radical (unpaired) electrons. The normalized spacial score (nSPS) is 12.2. The highest BCUT2D eigenvalue weighted by atomic mass is 19.4. The van der Waals surface area contributed by atoms with Crippen LogP contribution in [0.25, 0.3) is 0 Å². The summed E-state index contributed by atoms with van der Waals surface area (Å²) < 4.78 is 87.2. The van der Waals surface area contributed by atoms with E-state index in [2.05, 4.69) is 4.74 Å². The van der Waals surface area contributed by atoms with Crippen LogP contribution in [0.4, 0.5) is 26.3 Å². The van der Waals surface area contributed by atoms with Crippen LogP contribution in [0.5, 0.6) is 5.75 Å². The van der Waals surface area contributed by atoms with Crippen LogP contribution in [0, 0.1) is 22.8 Å². The minimum Gasteiger partial charge on any atom is -0.388 e. The Morgan fingerprint density at radius 3 is 1.46 bits per heavy atom. The third kappa shape index (κ3) is 3.04. The Labute approximate surface area is 143 Å². The fraction of sp³-hybridized carbons (Fsp3) is 0.176. The van der Waals surface area contributed by atoms with Gasteiger partial charge in [0.25, 0.3) is 6.26 Å². The molecule has 2 aromatic carbocycles. The number of hydrogen-bond acceptors (Lipinski definition) is 3. The van der Waals surface area contributed by atoms with Crippen LogP contribution in [0.1, 0.15) is 16.7 Å². The minimum absolute atomic E-state index is 0.0789. The van der Waals surface area contributed by atoms with Crippen molar-refractivity contribution < 1.29 is 31.1 Å². The smallest absolute Gasteiger partial charge is 0.388 e. The van der Waals surface area contributed by atoms with Gasteiger partial charge in [-0.2, -0.15) is 31.6 Å². The topological polar surface area (TPSA) is 56.8 Å². The van der Waals surface area contributed by atoms with Gasteiger partial charge in [-0.1, -0.05) is 24.3 Å². The zero-order valence-corrected chi connectivity index (χ0v) is 12.7. The van der Waals surface area contributed by atoms with Gasteiger partial charge in [0.05, 0.1) is 11.6 Å². The first kappa shape index (κ1) is 19.1. The number of rotatable bonds is 3. The number of ether oxygens (including phenoxy) is 1. The molecule has 0 fully saturated rings. The van der Waals surface area contributed by atoms with Gasteiger partial charge in [-0.15, -0.1) is 5.26 Å². The van der Waals surface area contributed by atoms with Gasteiger partial charge in [0.1, 0.15) is 5.75 Å². The Kier molecular flexibility index (Phi) is 4.86. The van der Waals surface area contributed by atoms with Crippen LogP contribution in [-0.4, -0.2) is 12.4 Å². The SMILES string of the molecule is N#COc1ccc(C(c2ccc(C#N)cc2)(C(F)(F)F)C(F)(F)F)cc1. The van der Waals surface area contributed by atoms with E-state index in [1.165, 1.54) is 6.26 Å². The molecule has 0 saturated carbocycles. The zero-order valence-electron chi connectivity index (χ0n) is 12.7. The first-order valence-corrected chi connectivity index (χ1v) is 6.88. The van der Waals surface area contributed by atoms with Gasteiger partial charge in [0.15, 0.2) is 0 Å². The second-order valence-electron chi connectivity index (χ2n) is 5.15. The van der Waals surface area contributed by atoms with E-state index >= 15 is 0 Å². The molecule has 0 spiro atoms. The second kappa shape index (κ2) is 6.60. The summed E-state index contributed by atoms with van der Waals surface area (Å²) in [4.78, 5) is 0. The zero-order chi connectivity index (χ0) is 19.6. The lowest BCUT2D eigenvalue weighted by Gasteiger charge is -2.38. The van der Waals surface area contributed by atoms with Crippen molar-refractivity contribution in [2.24, 2.45) is 0 Å². The van der Waals surface area contributed by atoms with Crippen molar-refractivity contribution in [1.82, 2.24) is 0 Å². The van der Waals surface area contributed by atoms with Crippen LogP contribution in [0.15, 0.2) is 48.5 Å². The first-order chi connectivity index (χ1) is 12.1. The predicted molar refractivity (Wildman–Crippen MR) is 76.7 cm³/mol. The van der Waals surface area contributed by atoms with Crippen LogP contribution < -0.4 is 4.74 Å². The summed E-state index contributed by atoms with van der Waals surface area (Å²) in [6.45, 7) is 0. The van der Waals surface area contributed by atoms with E-state index in [9.17, 15) is 26.3 Å². The van der Waals surface area contributed by atoms with E-state index in [0.717, 1.165) is 24.3 Å². The third-order valence-electron chi connectivity index (χ3n) is 3.75. The van der Waals surface area contributed by atoms with Crippen LogP contribution >= 0.6 is 0 Å². The van der Waals surface area contributed by atoms with Crippen molar-refractivity contribution in [2.45, 2.75) is 17.8 Å². The standard InChI is InChI=1S/C17H8F6N2O/c18-16(19,20)15(17(21,22)23,12-3-1-11(9-24)2-4-12)13-5-7-14(8-6-13)26-10-25/h1-8H. The van der Waals surface area contributed by atoms with Crippen molar-refractivity contribution in [2.75, 3.05) is 0 Å². The Bertz CT molecular complexity index is 841. The van der Waals surface area contributed by atoms with Gasteiger partial charge in [-0.3, -0.25) is 0 Å². The number of nitrogens with zero attached hydrogens (tertiary/aromatic N) is 2. The lowest BCUT2D eigenvalue weighted by molar-refractivity contribution is -0.288. The molecule has 134 valence electrons. The average Bonchev–Trinajstić information content (AvgIpc) is 2.55. The monoisotopic (exact) mass is 370 g/mol. The van der Waals surface area contributed by atoms with Crippen molar-refractivity contribution in [3.05, 3.63) is 65.2 Å². The minimum atomic E-state index is -5.73. The van der Waals surface area contributed by atoms with Crippen LogP contribution in [0.3, 0.4) is 0 Å². The molecule has 0 aromatic heterocycles. The number of alkyl halides is 6. The molecule has 0 aliphatic heterocycles. The molecule has 0 amide bonds. The quantitative estimate of drug-likeness (QED) is 0.574. The van der Waals surface area contributed by atoms with E-state index in [4.69, 9.17) is 10.5 Å². The average molecular weight is 370 g/mol. The van der Waals surface area contributed by atoms with Gasteiger partial charge in [-0.25, -0.2) is 0 Å². The van der Waals surface area contributed by atoms with Gasteiger partial charge in [0, 0.05) is 0 Å². The number of nitriles is 2. The van der Waals surface area contributed by atoms with E-state index in [1.807, 2.05) is 0 Å². The van der Waals surface area contributed by atoms with Crippen molar-refractivity contribution >= 4 is 0 Å². The molecule has 0 aliphatic rings. The molecule has 9 heteroatoms. The molecule has 0 N–H and O–H groups in total. The summed E-state index contributed by atoms with van der Waals surface area (Å²) in [6.07, 6.45) is -10.2. The van der Waals surface area contributed by atoms with Gasteiger partial charge in [-0.05, 0) is 35.4 Å². The second-order valence-corrected chi connectivity index (χ2v) is 5.15. The maximum atomic E-state index is 13.8. The highest BCUT2D eigenvalue weighted by Gasteiger charge is 2.72. The number of hydrogen-bond donors (Lipinski definition) is 0. The largest absolute Gasteiger partial charge is 0.411 e. The predicted octanol–water partition coefficient (Wildman–Crippen LogP) is 4.83. The maximum absolute atomic E-state index is 13.8. The molecule has 0 bridgehead atoms. The molecule has 26 heavy (non-hydrogen) atoms. The van der Waals surface area contributed by atoms with E-state index in [1.54, 1.807) is 6.07 Å². The summed E-state index contributed by atoms with van der Waals surface area (Å²) in [6, 6.07) is 7.54. The van der Waals surface area contributed by atoms with E-state index in [-0.39, 0.29) is 11.3 Å². The summed E-state index contributed by atoms with van der Waals surface area (Å²) >= 11 is 0. The molecule has 0 heterocycles. The van der Waals surface area contributed by atoms with Crippen LogP contribution in [0.2, 0.25) is 0 Å². The number of halogens is 6. The lowest BCUT2D eigenvalue weighted by Crippen LogP contribution is -2.54. The van der Waals surface area contributed by atoms with Gasteiger partial charge < -0.3 is 4.74 Å². The maximum Gasteiger partial charge on any atom is 0.411 e. The Morgan fingerprint density at radius 2 is 1.12 bits per heavy atom. The van der Waals surface area contributed by atoms with Crippen LogP contribution in [-0.2, 0) is 5.41 Å². The number of benzene rings is 2. The molecule has 0 atom stereocenters. The molecule has 3 nitrogen and oxygen atoms in total. The third-order valence-corrected chi connectivity index (χ3v) is 3.75. The summed E-state index contributed by atoms with van der Waals surface area (Å²) in [7, 11) is 0. The van der Waals surface area contributed by atoms with Crippen molar-refractivity contribution in [1.29, 1.82) is 10.5 Å². The van der Waals surface area contributed by atoms with Gasteiger partial charge in [0.2, 0.25) is 5.41 Å². The fourth-order valence-electron chi connectivity index (χ4n) is 2.60. The molecular weight excluding hydrogens is 362 g/mol. The van der Waals surface area contributed by atoms with E-state index in [0.29, 0.717) is 24.3 Å².